The minimum Gasteiger partial charge on any atom is -0.338 e. The Morgan fingerprint density at radius 3 is 2.76 bits per heavy atom. The van der Waals surface area contributed by atoms with Crippen molar-refractivity contribution in [3.63, 3.8) is 0 Å². The van der Waals surface area contributed by atoms with Gasteiger partial charge in [0.25, 0.3) is 0 Å². The van der Waals surface area contributed by atoms with Gasteiger partial charge in [-0.2, -0.15) is 0 Å². The van der Waals surface area contributed by atoms with Gasteiger partial charge in [0.2, 0.25) is 0 Å². The fraction of sp³-hybridized carbons (Fsp3) is 0.333. The molecule has 0 N–H and O–H groups in total. The normalized spacial score (nSPS) is 11.4. The maximum atomic E-state index is 6.35. The number of aryl methyl sites for hydroxylation is 4. The van der Waals surface area contributed by atoms with E-state index in [0.29, 0.717) is 5.88 Å². The first kappa shape index (κ1) is 14.4. The molecule has 3 rings (SSSR count). The largest absolute Gasteiger partial charge is 0.338 e. The average molecular weight is 323 g/mol. The number of hydrogen-bond donors (Lipinski definition) is 0. The van der Waals surface area contributed by atoms with E-state index in [9.17, 15) is 0 Å². The molecule has 0 bridgehead atoms. The maximum absolute atomic E-state index is 6.35. The maximum Gasteiger partial charge on any atom is 0.111 e. The molecule has 0 amide bonds. The van der Waals surface area contributed by atoms with Crippen molar-refractivity contribution < 1.29 is 0 Å². The van der Waals surface area contributed by atoms with E-state index in [1.807, 2.05) is 42.2 Å². The molecule has 110 valence electrons. The second kappa shape index (κ2) is 6.08. The predicted molar refractivity (Wildman–Crippen MR) is 86.1 cm³/mol. The lowest BCUT2D eigenvalue weighted by atomic mass is 10.3. The van der Waals surface area contributed by atoms with Crippen LogP contribution in [0.5, 0.6) is 0 Å². The molecule has 6 heteroatoms. The van der Waals surface area contributed by atoms with Crippen LogP contribution in [0.1, 0.15) is 11.6 Å². The molecule has 21 heavy (non-hydrogen) atoms. The van der Waals surface area contributed by atoms with Crippen LogP contribution in [0.3, 0.4) is 0 Å². The Morgan fingerprint density at radius 2 is 2.05 bits per heavy atom. The molecular weight excluding hydrogens is 307 g/mol. The number of imidazole rings is 2. The molecule has 0 aliphatic heterocycles. The van der Waals surface area contributed by atoms with Gasteiger partial charge in [0.1, 0.15) is 11.6 Å². The lowest BCUT2D eigenvalue weighted by molar-refractivity contribution is 0.638. The van der Waals surface area contributed by atoms with E-state index in [0.717, 1.165) is 47.1 Å². The Morgan fingerprint density at radius 1 is 1.19 bits per heavy atom. The molecule has 0 saturated heterocycles. The number of alkyl halides is 1. The Balaban J connectivity index is 1.98. The highest BCUT2D eigenvalue weighted by atomic mass is 35.5. The fourth-order valence-electron chi connectivity index (χ4n) is 2.56. The van der Waals surface area contributed by atoms with Crippen molar-refractivity contribution in [3.8, 4) is 0 Å². The van der Waals surface area contributed by atoms with E-state index in [-0.39, 0.29) is 0 Å². The standard InChI is InChI=1S/C15H16Cl2N4/c1-20-10-8-18-13(20)6-9-21-14(5-7-16)19-12-4-2-3-11(17)15(12)21/h2-4,8,10H,5-7,9H2,1H3. The van der Waals surface area contributed by atoms with Gasteiger partial charge in [-0.05, 0) is 12.1 Å². The highest BCUT2D eigenvalue weighted by molar-refractivity contribution is 6.35. The molecular formula is C15H16Cl2N4. The van der Waals surface area contributed by atoms with Gasteiger partial charge in [0.05, 0.1) is 16.1 Å². The Hall–Kier alpha value is -1.52. The topological polar surface area (TPSA) is 35.6 Å². The zero-order valence-corrected chi connectivity index (χ0v) is 13.3. The van der Waals surface area contributed by atoms with E-state index < -0.39 is 0 Å². The minimum atomic E-state index is 0.545. The molecule has 0 aliphatic carbocycles. The molecule has 0 spiro atoms. The summed E-state index contributed by atoms with van der Waals surface area (Å²) in [5.41, 5.74) is 1.90. The van der Waals surface area contributed by atoms with Crippen molar-refractivity contribution in [2.75, 3.05) is 5.88 Å². The van der Waals surface area contributed by atoms with Crippen molar-refractivity contribution in [2.24, 2.45) is 7.05 Å². The molecule has 0 aliphatic rings. The number of rotatable bonds is 5. The average Bonchev–Trinajstić information content (AvgIpc) is 3.02. The summed E-state index contributed by atoms with van der Waals surface area (Å²) in [6.07, 6.45) is 5.32. The molecule has 1 aromatic carbocycles. The van der Waals surface area contributed by atoms with Crippen molar-refractivity contribution in [1.29, 1.82) is 0 Å². The third kappa shape index (κ3) is 2.78. The van der Waals surface area contributed by atoms with E-state index >= 15 is 0 Å². The zero-order chi connectivity index (χ0) is 14.8. The van der Waals surface area contributed by atoms with Crippen LogP contribution >= 0.6 is 23.2 Å². The first-order chi connectivity index (χ1) is 10.2. The van der Waals surface area contributed by atoms with Gasteiger partial charge < -0.3 is 9.13 Å². The Kier molecular flexibility index (Phi) is 4.17. The van der Waals surface area contributed by atoms with Gasteiger partial charge in [0, 0.05) is 44.7 Å². The lowest BCUT2D eigenvalue weighted by Crippen LogP contribution is -2.09. The lowest BCUT2D eigenvalue weighted by Gasteiger charge is -2.09. The fourth-order valence-corrected chi connectivity index (χ4v) is 3.00. The summed E-state index contributed by atoms with van der Waals surface area (Å²) in [4.78, 5) is 9.02. The number of halogens is 2. The summed E-state index contributed by atoms with van der Waals surface area (Å²) >= 11 is 12.3. The van der Waals surface area contributed by atoms with E-state index in [1.54, 1.807) is 0 Å². The van der Waals surface area contributed by atoms with E-state index in [2.05, 4.69) is 14.5 Å². The highest BCUT2D eigenvalue weighted by Crippen LogP contribution is 2.25. The van der Waals surface area contributed by atoms with Crippen molar-refractivity contribution in [1.82, 2.24) is 19.1 Å². The van der Waals surface area contributed by atoms with Gasteiger partial charge in [0.15, 0.2) is 0 Å². The van der Waals surface area contributed by atoms with Crippen LogP contribution in [0.15, 0.2) is 30.6 Å². The van der Waals surface area contributed by atoms with Crippen LogP contribution in [-0.2, 0) is 26.4 Å². The molecule has 3 aromatic rings. The van der Waals surface area contributed by atoms with Gasteiger partial charge in [-0.3, -0.25) is 0 Å². The van der Waals surface area contributed by atoms with Crippen molar-refractivity contribution >= 4 is 34.2 Å². The smallest absolute Gasteiger partial charge is 0.111 e. The molecule has 0 atom stereocenters. The Bertz CT molecular complexity index is 760. The third-order valence-electron chi connectivity index (χ3n) is 3.59. The van der Waals surface area contributed by atoms with Crippen LogP contribution in [0.4, 0.5) is 0 Å². The summed E-state index contributed by atoms with van der Waals surface area (Å²) in [6.45, 7) is 0.789. The van der Waals surface area contributed by atoms with Crippen molar-refractivity contribution in [2.45, 2.75) is 19.4 Å². The number of fused-ring (bicyclic) bond motifs is 1. The van der Waals surface area contributed by atoms with E-state index in [4.69, 9.17) is 23.2 Å². The number of para-hydroxylation sites is 1. The van der Waals surface area contributed by atoms with Gasteiger partial charge >= 0.3 is 0 Å². The second-order valence-corrected chi connectivity index (χ2v) is 5.72. The summed E-state index contributed by atoms with van der Waals surface area (Å²) in [7, 11) is 2.00. The van der Waals surface area contributed by atoms with Gasteiger partial charge in [-0.1, -0.05) is 17.7 Å². The molecule has 0 unspecified atom stereocenters. The van der Waals surface area contributed by atoms with Crippen LogP contribution < -0.4 is 0 Å². The second-order valence-electron chi connectivity index (χ2n) is 4.93. The van der Waals surface area contributed by atoms with Gasteiger partial charge in [-0.15, -0.1) is 11.6 Å². The highest BCUT2D eigenvalue weighted by Gasteiger charge is 2.13. The number of hydrogen-bond acceptors (Lipinski definition) is 2. The van der Waals surface area contributed by atoms with E-state index in [1.165, 1.54) is 0 Å². The van der Waals surface area contributed by atoms with Gasteiger partial charge in [-0.25, -0.2) is 9.97 Å². The summed E-state index contributed by atoms with van der Waals surface area (Å²) in [5.74, 6) is 2.56. The molecule has 2 aromatic heterocycles. The summed E-state index contributed by atoms with van der Waals surface area (Å²) in [5, 5.41) is 0.723. The molecule has 4 nitrogen and oxygen atoms in total. The Labute approximate surface area is 133 Å². The van der Waals surface area contributed by atoms with Crippen molar-refractivity contribution in [3.05, 3.63) is 47.3 Å². The van der Waals surface area contributed by atoms with Crippen LogP contribution in [0, 0.1) is 0 Å². The molecule has 0 saturated carbocycles. The minimum absolute atomic E-state index is 0.545. The van der Waals surface area contributed by atoms with Crippen LogP contribution in [0.25, 0.3) is 11.0 Å². The SMILES string of the molecule is Cn1ccnc1CCn1c(CCCl)nc2cccc(Cl)c21. The molecule has 0 fully saturated rings. The number of nitrogens with zero attached hydrogens (tertiary/aromatic N) is 4. The summed E-state index contributed by atoms with van der Waals surface area (Å²) < 4.78 is 4.19. The first-order valence-electron chi connectivity index (χ1n) is 6.86. The number of aromatic nitrogens is 4. The summed E-state index contributed by atoms with van der Waals surface area (Å²) in [6, 6.07) is 5.80. The third-order valence-corrected chi connectivity index (χ3v) is 4.09. The molecule has 2 heterocycles. The van der Waals surface area contributed by atoms with Crippen LogP contribution in [0.2, 0.25) is 5.02 Å². The van der Waals surface area contributed by atoms with Crippen LogP contribution in [-0.4, -0.2) is 25.0 Å². The quantitative estimate of drug-likeness (QED) is 0.674. The zero-order valence-electron chi connectivity index (χ0n) is 11.8. The number of benzene rings is 1. The molecule has 0 radical (unpaired) electrons. The first-order valence-corrected chi connectivity index (χ1v) is 7.77. The predicted octanol–water partition coefficient (Wildman–Crippen LogP) is 3.45. The monoisotopic (exact) mass is 322 g/mol.